The molecule has 0 radical (unpaired) electrons. The van der Waals surface area contributed by atoms with E-state index in [-0.39, 0.29) is 11.8 Å². The van der Waals surface area contributed by atoms with Crippen LogP contribution in [-0.2, 0) is 6.54 Å². The zero-order valence-electron chi connectivity index (χ0n) is 11.2. The summed E-state index contributed by atoms with van der Waals surface area (Å²) >= 11 is 0. The van der Waals surface area contributed by atoms with Gasteiger partial charge in [0.2, 0.25) is 0 Å². The van der Waals surface area contributed by atoms with Crippen LogP contribution in [0, 0.1) is 12.7 Å². The first-order valence-electron chi connectivity index (χ1n) is 6.33. The second kappa shape index (κ2) is 5.85. The van der Waals surface area contributed by atoms with Crippen LogP contribution in [0.5, 0.6) is 5.75 Å². The highest BCUT2D eigenvalue weighted by Gasteiger charge is 2.06. The molecule has 0 aliphatic heterocycles. The largest absolute Gasteiger partial charge is 0.505 e. The number of phenols is 1. The van der Waals surface area contributed by atoms with Gasteiger partial charge in [-0.15, -0.1) is 0 Å². The Morgan fingerprint density at radius 1 is 1.16 bits per heavy atom. The summed E-state index contributed by atoms with van der Waals surface area (Å²) in [7, 11) is 0. The number of hydrogen-bond acceptors (Lipinski definition) is 2. The normalized spacial score (nSPS) is 12.4. The molecule has 0 aliphatic rings. The molecule has 0 bridgehead atoms. The monoisotopic (exact) mass is 259 g/mol. The van der Waals surface area contributed by atoms with Crippen LogP contribution in [0.4, 0.5) is 4.39 Å². The Kier molecular flexibility index (Phi) is 4.17. The van der Waals surface area contributed by atoms with Gasteiger partial charge in [0.05, 0.1) is 0 Å². The maximum absolute atomic E-state index is 13.2. The maximum Gasteiger partial charge on any atom is 0.165 e. The van der Waals surface area contributed by atoms with Crippen molar-refractivity contribution < 1.29 is 9.50 Å². The molecule has 19 heavy (non-hydrogen) atoms. The van der Waals surface area contributed by atoms with Crippen LogP contribution >= 0.6 is 0 Å². The lowest BCUT2D eigenvalue weighted by Crippen LogP contribution is -2.18. The Morgan fingerprint density at radius 2 is 1.84 bits per heavy atom. The van der Waals surface area contributed by atoms with Gasteiger partial charge in [-0.25, -0.2) is 4.39 Å². The van der Waals surface area contributed by atoms with E-state index < -0.39 is 5.82 Å². The minimum Gasteiger partial charge on any atom is -0.505 e. The molecule has 2 N–H and O–H groups in total. The summed E-state index contributed by atoms with van der Waals surface area (Å²) in [4.78, 5) is 0. The van der Waals surface area contributed by atoms with E-state index in [0.29, 0.717) is 6.54 Å². The number of aryl methyl sites for hydroxylation is 1. The SMILES string of the molecule is Cc1ccc([C@H](C)NCc2ccc(O)c(F)c2)cc1. The second-order valence-electron chi connectivity index (χ2n) is 4.80. The van der Waals surface area contributed by atoms with Crippen molar-refractivity contribution in [3.8, 4) is 5.75 Å². The van der Waals surface area contributed by atoms with E-state index in [1.165, 1.54) is 23.3 Å². The standard InChI is InChI=1S/C16H18FNO/c1-11-3-6-14(7-4-11)12(2)18-10-13-5-8-16(19)15(17)9-13/h3-9,12,18-19H,10H2,1-2H3/t12-/m0/s1. The highest BCUT2D eigenvalue weighted by Crippen LogP contribution is 2.18. The van der Waals surface area contributed by atoms with Crippen LogP contribution in [0.3, 0.4) is 0 Å². The Hall–Kier alpha value is -1.87. The van der Waals surface area contributed by atoms with E-state index in [1.807, 2.05) is 0 Å². The third kappa shape index (κ3) is 3.55. The van der Waals surface area contributed by atoms with Crippen molar-refractivity contribution in [2.75, 3.05) is 0 Å². The van der Waals surface area contributed by atoms with Crippen LogP contribution in [0.1, 0.15) is 29.7 Å². The van der Waals surface area contributed by atoms with Gasteiger partial charge >= 0.3 is 0 Å². The number of benzene rings is 2. The summed E-state index contributed by atoms with van der Waals surface area (Å²) in [5, 5.41) is 12.5. The van der Waals surface area contributed by atoms with Gasteiger partial charge in [-0.1, -0.05) is 35.9 Å². The van der Waals surface area contributed by atoms with Gasteiger partial charge < -0.3 is 10.4 Å². The highest BCUT2D eigenvalue weighted by molar-refractivity contribution is 5.28. The van der Waals surface area contributed by atoms with Gasteiger partial charge in [0.25, 0.3) is 0 Å². The summed E-state index contributed by atoms with van der Waals surface area (Å²) in [6.07, 6.45) is 0. The number of hydrogen-bond donors (Lipinski definition) is 2. The highest BCUT2D eigenvalue weighted by atomic mass is 19.1. The van der Waals surface area contributed by atoms with E-state index in [0.717, 1.165) is 5.56 Å². The van der Waals surface area contributed by atoms with E-state index >= 15 is 0 Å². The van der Waals surface area contributed by atoms with E-state index in [1.54, 1.807) is 6.07 Å². The van der Waals surface area contributed by atoms with Gasteiger partial charge in [-0.3, -0.25) is 0 Å². The van der Waals surface area contributed by atoms with Crippen molar-refractivity contribution in [2.24, 2.45) is 0 Å². The molecule has 0 unspecified atom stereocenters. The van der Waals surface area contributed by atoms with Crippen molar-refractivity contribution in [2.45, 2.75) is 26.4 Å². The average Bonchev–Trinajstić information content (AvgIpc) is 2.40. The van der Waals surface area contributed by atoms with Crippen LogP contribution in [-0.4, -0.2) is 5.11 Å². The molecule has 2 aromatic carbocycles. The lowest BCUT2D eigenvalue weighted by Gasteiger charge is -2.14. The van der Waals surface area contributed by atoms with Crippen LogP contribution in [0.25, 0.3) is 0 Å². The topological polar surface area (TPSA) is 32.3 Å². The summed E-state index contributed by atoms with van der Waals surface area (Å²) in [6, 6.07) is 13.0. The predicted molar refractivity (Wildman–Crippen MR) is 74.5 cm³/mol. The van der Waals surface area contributed by atoms with E-state index in [2.05, 4.69) is 43.4 Å². The smallest absolute Gasteiger partial charge is 0.165 e. The molecule has 0 aromatic heterocycles. The van der Waals surface area contributed by atoms with Crippen molar-refractivity contribution in [1.29, 1.82) is 0 Å². The number of halogens is 1. The number of rotatable bonds is 4. The van der Waals surface area contributed by atoms with Crippen LogP contribution < -0.4 is 5.32 Å². The summed E-state index contributed by atoms with van der Waals surface area (Å²) in [5.74, 6) is -0.891. The molecule has 100 valence electrons. The lowest BCUT2D eigenvalue weighted by atomic mass is 10.1. The van der Waals surface area contributed by atoms with Gasteiger partial charge in [-0.2, -0.15) is 0 Å². The fourth-order valence-electron chi connectivity index (χ4n) is 1.90. The molecule has 0 aliphatic carbocycles. The molecule has 0 amide bonds. The molecule has 2 aromatic rings. The fourth-order valence-corrected chi connectivity index (χ4v) is 1.90. The third-order valence-electron chi connectivity index (χ3n) is 3.20. The molecule has 3 heteroatoms. The van der Waals surface area contributed by atoms with Crippen molar-refractivity contribution in [1.82, 2.24) is 5.32 Å². The zero-order chi connectivity index (χ0) is 13.8. The average molecular weight is 259 g/mol. The molecule has 2 nitrogen and oxygen atoms in total. The Morgan fingerprint density at radius 3 is 2.47 bits per heavy atom. The van der Waals surface area contributed by atoms with Crippen molar-refractivity contribution in [3.63, 3.8) is 0 Å². The fraction of sp³-hybridized carbons (Fsp3) is 0.250. The van der Waals surface area contributed by atoms with Crippen molar-refractivity contribution in [3.05, 3.63) is 65.0 Å². The molecule has 2 rings (SSSR count). The first-order chi connectivity index (χ1) is 9.06. The van der Waals surface area contributed by atoms with E-state index in [4.69, 9.17) is 5.11 Å². The first-order valence-corrected chi connectivity index (χ1v) is 6.33. The molecular weight excluding hydrogens is 241 g/mol. The first kappa shape index (κ1) is 13.6. The molecular formula is C16H18FNO. The van der Waals surface area contributed by atoms with Gasteiger partial charge in [0.1, 0.15) is 0 Å². The number of nitrogens with one attached hydrogen (secondary N) is 1. The quantitative estimate of drug-likeness (QED) is 0.877. The zero-order valence-corrected chi connectivity index (χ0v) is 11.2. The minimum atomic E-state index is -0.581. The lowest BCUT2D eigenvalue weighted by molar-refractivity contribution is 0.431. The van der Waals surface area contributed by atoms with Crippen LogP contribution in [0.15, 0.2) is 42.5 Å². The third-order valence-corrected chi connectivity index (χ3v) is 3.20. The number of phenolic OH excluding ortho intramolecular Hbond substituents is 1. The molecule has 0 heterocycles. The number of aromatic hydroxyl groups is 1. The minimum absolute atomic E-state index is 0.192. The molecule has 0 saturated heterocycles. The van der Waals surface area contributed by atoms with Crippen molar-refractivity contribution >= 4 is 0 Å². The summed E-state index contributed by atoms with van der Waals surface area (Å²) in [6.45, 7) is 4.69. The van der Waals surface area contributed by atoms with Crippen LogP contribution in [0.2, 0.25) is 0 Å². The Labute approximate surface area is 112 Å². The Balaban J connectivity index is 1.98. The molecule has 0 spiro atoms. The second-order valence-corrected chi connectivity index (χ2v) is 4.80. The summed E-state index contributed by atoms with van der Waals surface area (Å²) < 4.78 is 13.2. The molecule has 0 saturated carbocycles. The van der Waals surface area contributed by atoms with Gasteiger partial charge in [0.15, 0.2) is 11.6 Å². The Bertz CT molecular complexity index is 551. The van der Waals surface area contributed by atoms with E-state index in [9.17, 15) is 4.39 Å². The van der Waals surface area contributed by atoms with Gasteiger partial charge in [0, 0.05) is 12.6 Å². The van der Waals surface area contributed by atoms with Gasteiger partial charge in [-0.05, 0) is 37.1 Å². The molecule has 0 fully saturated rings. The maximum atomic E-state index is 13.2. The predicted octanol–water partition coefficient (Wildman–Crippen LogP) is 3.69. The molecule has 1 atom stereocenters. The summed E-state index contributed by atoms with van der Waals surface area (Å²) in [5.41, 5.74) is 3.25.